The van der Waals surface area contributed by atoms with Crippen LogP contribution < -0.4 is 5.32 Å². The molecule has 2 N–H and O–H groups in total. The second-order valence-corrected chi connectivity index (χ2v) is 8.01. The number of hydrogen-bond acceptors (Lipinski definition) is 4. The molecule has 0 bridgehead atoms. The van der Waals surface area contributed by atoms with E-state index in [2.05, 4.69) is 66.6 Å². The van der Waals surface area contributed by atoms with Gasteiger partial charge in [0.05, 0.1) is 24.5 Å². The van der Waals surface area contributed by atoms with Gasteiger partial charge >= 0.3 is 0 Å². The van der Waals surface area contributed by atoms with E-state index in [0.717, 1.165) is 12.1 Å². The molecule has 0 spiro atoms. The van der Waals surface area contributed by atoms with Crippen molar-refractivity contribution in [2.24, 2.45) is 0 Å². The molecule has 4 heteroatoms. The fourth-order valence-corrected chi connectivity index (χ4v) is 3.33. The van der Waals surface area contributed by atoms with Crippen LogP contribution in [0, 0.1) is 0 Å². The summed E-state index contributed by atoms with van der Waals surface area (Å²) in [5.41, 5.74) is 2.03. The zero-order chi connectivity index (χ0) is 20.0. The molecule has 2 unspecified atom stereocenters. The Labute approximate surface area is 167 Å². The number of rotatable bonds is 9. The van der Waals surface area contributed by atoms with Gasteiger partial charge in [0.2, 0.25) is 0 Å². The monoisotopic (exact) mass is 378 g/mol. The van der Waals surface area contributed by atoms with Gasteiger partial charge in [-0.1, -0.05) is 48.5 Å². The first-order chi connectivity index (χ1) is 13.4. The van der Waals surface area contributed by atoms with Crippen LogP contribution in [0.3, 0.4) is 0 Å². The Morgan fingerprint density at radius 2 is 1.79 bits per heavy atom. The minimum Gasteiger partial charge on any atom is -0.389 e. The van der Waals surface area contributed by atoms with E-state index in [1.54, 1.807) is 6.20 Å². The van der Waals surface area contributed by atoms with Crippen molar-refractivity contribution in [2.75, 3.05) is 13.2 Å². The summed E-state index contributed by atoms with van der Waals surface area (Å²) < 4.78 is 5.77. The van der Waals surface area contributed by atoms with Gasteiger partial charge < -0.3 is 15.2 Å². The standard InChI is InChI=1S/C24H30N2O2/c1-18(23-10-6-7-13-25-23)28-17-22(27)16-26-24(2,3)15-19-11-12-20-8-4-5-9-21(20)14-19/h4-14,18,22,26-27H,15-17H2,1-3H3. The molecule has 0 aliphatic heterocycles. The third-order valence-electron chi connectivity index (χ3n) is 4.92. The molecule has 1 aromatic heterocycles. The molecule has 148 valence electrons. The minimum absolute atomic E-state index is 0.129. The van der Waals surface area contributed by atoms with Crippen LogP contribution in [0.1, 0.15) is 38.1 Å². The summed E-state index contributed by atoms with van der Waals surface area (Å²) in [7, 11) is 0. The molecule has 0 saturated carbocycles. The number of ether oxygens (including phenoxy) is 1. The molecule has 0 saturated heterocycles. The third-order valence-corrected chi connectivity index (χ3v) is 4.92. The van der Waals surface area contributed by atoms with Gasteiger partial charge in [0.15, 0.2) is 0 Å². The quantitative estimate of drug-likeness (QED) is 0.583. The first kappa shape index (κ1) is 20.5. The molecule has 0 fully saturated rings. The van der Waals surface area contributed by atoms with Gasteiger partial charge in [-0.15, -0.1) is 0 Å². The van der Waals surface area contributed by atoms with Gasteiger partial charge in [-0.25, -0.2) is 0 Å². The van der Waals surface area contributed by atoms with Crippen LogP contribution in [0.5, 0.6) is 0 Å². The predicted molar refractivity (Wildman–Crippen MR) is 114 cm³/mol. The van der Waals surface area contributed by atoms with Gasteiger partial charge in [-0.3, -0.25) is 4.98 Å². The topological polar surface area (TPSA) is 54.4 Å². The zero-order valence-electron chi connectivity index (χ0n) is 16.9. The highest BCUT2D eigenvalue weighted by Crippen LogP contribution is 2.20. The van der Waals surface area contributed by atoms with Crippen molar-refractivity contribution < 1.29 is 9.84 Å². The summed E-state index contributed by atoms with van der Waals surface area (Å²) in [6.45, 7) is 7.02. The molecule has 0 radical (unpaired) electrons. The molecular formula is C24H30N2O2. The zero-order valence-corrected chi connectivity index (χ0v) is 16.9. The van der Waals surface area contributed by atoms with Gasteiger partial charge in [-0.2, -0.15) is 0 Å². The Morgan fingerprint density at radius 1 is 1.04 bits per heavy atom. The molecular weight excluding hydrogens is 348 g/mol. The van der Waals surface area contributed by atoms with Gasteiger partial charge in [0.1, 0.15) is 0 Å². The Hall–Kier alpha value is -2.27. The predicted octanol–water partition coefficient (Wildman–Crippen LogP) is 4.28. The normalized spacial score (nSPS) is 14.1. The summed E-state index contributed by atoms with van der Waals surface area (Å²) in [5.74, 6) is 0. The average molecular weight is 379 g/mol. The van der Waals surface area contributed by atoms with E-state index in [-0.39, 0.29) is 18.2 Å². The van der Waals surface area contributed by atoms with E-state index < -0.39 is 6.10 Å². The van der Waals surface area contributed by atoms with E-state index >= 15 is 0 Å². The third kappa shape index (κ3) is 5.86. The maximum absolute atomic E-state index is 10.3. The van der Waals surface area contributed by atoms with Crippen LogP contribution in [0.25, 0.3) is 10.8 Å². The molecule has 1 heterocycles. The molecule has 28 heavy (non-hydrogen) atoms. The second kappa shape index (κ2) is 9.28. The van der Waals surface area contributed by atoms with Crippen molar-refractivity contribution in [1.82, 2.24) is 10.3 Å². The lowest BCUT2D eigenvalue weighted by Crippen LogP contribution is -2.46. The first-order valence-corrected chi connectivity index (χ1v) is 9.86. The highest BCUT2D eigenvalue weighted by Gasteiger charge is 2.20. The Morgan fingerprint density at radius 3 is 2.54 bits per heavy atom. The highest BCUT2D eigenvalue weighted by molar-refractivity contribution is 5.83. The van der Waals surface area contributed by atoms with E-state index in [1.807, 2.05) is 25.1 Å². The van der Waals surface area contributed by atoms with Gasteiger partial charge in [0, 0.05) is 18.3 Å². The number of aliphatic hydroxyl groups excluding tert-OH is 1. The number of nitrogens with one attached hydrogen (secondary N) is 1. The summed E-state index contributed by atoms with van der Waals surface area (Å²) in [4.78, 5) is 4.29. The van der Waals surface area contributed by atoms with E-state index in [0.29, 0.717) is 6.54 Å². The number of pyridine rings is 1. The van der Waals surface area contributed by atoms with Crippen LogP contribution in [0.4, 0.5) is 0 Å². The molecule has 3 aromatic rings. The number of β-amino-alcohol motifs (C(OH)–C–C–N with tert-alkyl or cyclic N) is 1. The Kier molecular flexibility index (Phi) is 6.79. The van der Waals surface area contributed by atoms with E-state index in [9.17, 15) is 5.11 Å². The van der Waals surface area contributed by atoms with Crippen LogP contribution in [0.15, 0.2) is 66.9 Å². The van der Waals surface area contributed by atoms with Crippen LogP contribution in [-0.4, -0.2) is 34.9 Å². The van der Waals surface area contributed by atoms with E-state index in [1.165, 1.54) is 16.3 Å². The molecule has 3 rings (SSSR count). The van der Waals surface area contributed by atoms with Crippen molar-refractivity contribution in [1.29, 1.82) is 0 Å². The Balaban J connectivity index is 1.48. The van der Waals surface area contributed by atoms with Crippen LogP contribution in [-0.2, 0) is 11.2 Å². The summed E-state index contributed by atoms with van der Waals surface area (Å²) >= 11 is 0. The van der Waals surface area contributed by atoms with Crippen molar-refractivity contribution in [2.45, 2.75) is 44.9 Å². The van der Waals surface area contributed by atoms with E-state index in [4.69, 9.17) is 4.74 Å². The minimum atomic E-state index is -0.568. The maximum Gasteiger partial charge on any atom is 0.0967 e. The largest absolute Gasteiger partial charge is 0.389 e. The van der Waals surface area contributed by atoms with Crippen molar-refractivity contribution in [3.63, 3.8) is 0 Å². The smallest absolute Gasteiger partial charge is 0.0967 e. The number of nitrogens with zero attached hydrogens (tertiary/aromatic N) is 1. The molecule has 4 nitrogen and oxygen atoms in total. The molecule has 2 aromatic carbocycles. The lowest BCUT2D eigenvalue weighted by atomic mass is 9.93. The first-order valence-electron chi connectivity index (χ1n) is 9.86. The number of aliphatic hydroxyl groups is 1. The number of hydrogen-bond donors (Lipinski definition) is 2. The Bertz CT molecular complexity index is 880. The lowest BCUT2D eigenvalue weighted by Gasteiger charge is -2.28. The average Bonchev–Trinajstić information content (AvgIpc) is 2.71. The second-order valence-electron chi connectivity index (χ2n) is 8.01. The molecule has 0 aliphatic rings. The summed E-state index contributed by atoms with van der Waals surface area (Å²) in [6, 6.07) is 20.7. The van der Waals surface area contributed by atoms with Crippen molar-refractivity contribution in [3.8, 4) is 0 Å². The molecule has 2 atom stereocenters. The molecule has 0 amide bonds. The SMILES string of the molecule is CC(OCC(O)CNC(C)(C)Cc1ccc2ccccc2c1)c1ccccn1. The van der Waals surface area contributed by atoms with Crippen LogP contribution in [0.2, 0.25) is 0 Å². The van der Waals surface area contributed by atoms with Gasteiger partial charge in [0.25, 0.3) is 0 Å². The van der Waals surface area contributed by atoms with Crippen LogP contribution >= 0.6 is 0 Å². The van der Waals surface area contributed by atoms with Gasteiger partial charge in [-0.05, 0) is 55.7 Å². The maximum atomic E-state index is 10.3. The number of fused-ring (bicyclic) bond motifs is 1. The number of benzene rings is 2. The summed E-state index contributed by atoms with van der Waals surface area (Å²) in [6.07, 6.45) is 1.93. The van der Waals surface area contributed by atoms with Crippen molar-refractivity contribution >= 4 is 10.8 Å². The number of aromatic nitrogens is 1. The molecule has 0 aliphatic carbocycles. The fourth-order valence-electron chi connectivity index (χ4n) is 3.33. The lowest BCUT2D eigenvalue weighted by molar-refractivity contribution is -0.00574. The summed E-state index contributed by atoms with van der Waals surface area (Å²) in [5, 5.41) is 16.3. The fraction of sp³-hybridized carbons (Fsp3) is 0.375. The highest BCUT2D eigenvalue weighted by atomic mass is 16.5. The van der Waals surface area contributed by atoms with Crippen molar-refractivity contribution in [3.05, 3.63) is 78.1 Å².